The van der Waals surface area contributed by atoms with Gasteiger partial charge in [0, 0.05) is 5.25 Å². The number of unbranched alkanes of at least 4 members (excludes halogenated alkanes) is 1. The molecule has 62 valence electrons. The minimum Gasteiger partial charge on any atom is -0.242 e. The van der Waals surface area contributed by atoms with Crippen LogP contribution in [0.2, 0.25) is 0 Å². The van der Waals surface area contributed by atoms with E-state index in [-0.39, 0.29) is 5.25 Å². The van der Waals surface area contributed by atoms with Crippen LogP contribution in [0.4, 0.5) is 0 Å². The third-order valence-corrected chi connectivity index (χ3v) is 3.45. The van der Waals surface area contributed by atoms with Crippen LogP contribution in [-0.2, 0) is 10.0 Å². The molecule has 1 unspecified atom stereocenters. The summed E-state index contributed by atoms with van der Waals surface area (Å²) >= 11 is 0. The molecule has 0 aliphatic rings. The van der Waals surface area contributed by atoms with Gasteiger partial charge in [-0.05, 0) is 23.5 Å². The maximum Gasteiger partial charge on any atom is 0.118 e. The molecule has 0 amide bonds. The van der Waals surface area contributed by atoms with Crippen molar-refractivity contribution in [2.75, 3.05) is 0 Å². The summed E-state index contributed by atoms with van der Waals surface area (Å²) in [6, 6.07) is 0. The summed E-state index contributed by atoms with van der Waals surface area (Å²) in [4.78, 5) is 0. The molecular formula is C7H15ClOS. The Hall–Kier alpha value is 0.440. The highest BCUT2D eigenvalue weighted by Crippen LogP contribution is 2.13. The Balaban J connectivity index is 3.50. The normalized spacial score (nSPS) is 16.7. The lowest BCUT2D eigenvalue weighted by Gasteiger charge is -2.07. The second-order valence-electron chi connectivity index (χ2n) is 2.42. The molecule has 1 nitrogen and oxygen atoms in total. The van der Waals surface area contributed by atoms with Gasteiger partial charge in [0.1, 0.15) is 10.0 Å². The third kappa shape index (κ3) is 4.29. The van der Waals surface area contributed by atoms with Gasteiger partial charge >= 0.3 is 0 Å². The average molecular weight is 183 g/mol. The molecule has 3 heteroatoms. The molecule has 0 aliphatic heterocycles. The van der Waals surface area contributed by atoms with Crippen LogP contribution in [0.25, 0.3) is 0 Å². The smallest absolute Gasteiger partial charge is 0.118 e. The van der Waals surface area contributed by atoms with Crippen molar-refractivity contribution in [3.63, 3.8) is 0 Å². The number of rotatable bonds is 5. The van der Waals surface area contributed by atoms with Gasteiger partial charge in [0.25, 0.3) is 0 Å². The molecule has 0 saturated heterocycles. The van der Waals surface area contributed by atoms with E-state index in [9.17, 15) is 4.21 Å². The topological polar surface area (TPSA) is 17.1 Å². The Labute approximate surface area is 70.1 Å². The van der Waals surface area contributed by atoms with Crippen molar-refractivity contribution in [3.8, 4) is 0 Å². The van der Waals surface area contributed by atoms with Crippen LogP contribution in [0.1, 0.15) is 39.5 Å². The highest BCUT2D eigenvalue weighted by Gasteiger charge is 2.10. The Bertz CT molecular complexity index is 106. The molecule has 0 bridgehead atoms. The lowest BCUT2D eigenvalue weighted by Crippen LogP contribution is -2.08. The van der Waals surface area contributed by atoms with Crippen LogP contribution in [0.15, 0.2) is 0 Å². The van der Waals surface area contributed by atoms with Crippen molar-refractivity contribution >= 4 is 20.7 Å². The zero-order chi connectivity index (χ0) is 7.98. The van der Waals surface area contributed by atoms with Crippen molar-refractivity contribution in [2.24, 2.45) is 0 Å². The summed E-state index contributed by atoms with van der Waals surface area (Å²) < 4.78 is 10.8. The lowest BCUT2D eigenvalue weighted by molar-refractivity contribution is 0.634. The molecule has 0 rings (SSSR count). The molecule has 0 aromatic rings. The number of halogens is 1. The SMILES string of the molecule is CCCC[C@H](CC)S(=O)Cl. The minimum atomic E-state index is -1.13. The van der Waals surface area contributed by atoms with E-state index in [2.05, 4.69) is 6.92 Å². The van der Waals surface area contributed by atoms with E-state index in [0.29, 0.717) is 0 Å². The van der Waals surface area contributed by atoms with E-state index in [4.69, 9.17) is 10.7 Å². The molecule has 2 atom stereocenters. The van der Waals surface area contributed by atoms with Crippen LogP contribution in [0, 0.1) is 0 Å². The molecule has 0 aromatic heterocycles. The van der Waals surface area contributed by atoms with Crippen molar-refractivity contribution < 1.29 is 4.21 Å². The van der Waals surface area contributed by atoms with Crippen LogP contribution in [0.5, 0.6) is 0 Å². The van der Waals surface area contributed by atoms with Gasteiger partial charge in [-0.3, -0.25) is 0 Å². The standard InChI is InChI=1S/C7H15ClOS/c1-3-5-6-7(4-2)10(8)9/h7H,3-6H2,1-2H3/t7-,10?/m0/s1. The van der Waals surface area contributed by atoms with Gasteiger partial charge in [-0.2, -0.15) is 0 Å². The maximum atomic E-state index is 10.8. The van der Waals surface area contributed by atoms with E-state index in [1.165, 1.54) is 0 Å². The van der Waals surface area contributed by atoms with Gasteiger partial charge < -0.3 is 0 Å². The van der Waals surface area contributed by atoms with Gasteiger partial charge in [0.15, 0.2) is 0 Å². The van der Waals surface area contributed by atoms with E-state index < -0.39 is 10.0 Å². The summed E-state index contributed by atoms with van der Waals surface area (Å²) in [6.45, 7) is 4.16. The first kappa shape index (κ1) is 10.4. The molecule has 0 heterocycles. The Kier molecular flexibility index (Phi) is 6.44. The fraction of sp³-hybridized carbons (Fsp3) is 1.00. The first-order valence-corrected chi connectivity index (χ1v) is 5.83. The van der Waals surface area contributed by atoms with Gasteiger partial charge in [-0.15, -0.1) is 0 Å². The van der Waals surface area contributed by atoms with Crippen molar-refractivity contribution in [1.29, 1.82) is 0 Å². The first-order chi connectivity index (χ1) is 4.72. The van der Waals surface area contributed by atoms with Gasteiger partial charge in [0.05, 0.1) is 0 Å². The van der Waals surface area contributed by atoms with Crippen LogP contribution in [-0.4, -0.2) is 9.46 Å². The molecule has 0 aromatic carbocycles. The summed E-state index contributed by atoms with van der Waals surface area (Å²) in [5.74, 6) is 0. The van der Waals surface area contributed by atoms with E-state index in [0.717, 1.165) is 25.7 Å². The highest BCUT2D eigenvalue weighted by molar-refractivity contribution is 8.08. The van der Waals surface area contributed by atoms with E-state index in [1.807, 2.05) is 6.92 Å². The summed E-state index contributed by atoms with van der Waals surface area (Å²) in [6.07, 6.45) is 4.22. The fourth-order valence-electron chi connectivity index (χ4n) is 0.860. The molecule has 0 fully saturated rings. The predicted octanol–water partition coefficient (Wildman–Crippen LogP) is 2.86. The average Bonchev–Trinajstić information content (AvgIpc) is 1.89. The Morgan fingerprint density at radius 2 is 2.10 bits per heavy atom. The van der Waals surface area contributed by atoms with E-state index in [1.54, 1.807) is 0 Å². The second kappa shape index (κ2) is 6.17. The molecular weight excluding hydrogens is 168 g/mol. The van der Waals surface area contributed by atoms with Gasteiger partial charge in [-0.1, -0.05) is 26.7 Å². The first-order valence-electron chi connectivity index (χ1n) is 3.79. The zero-order valence-corrected chi connectivity index (χ0v) is 8.17. The number of hydrogen-bond donors (Lipinski definition) is 0. The quantitative estimate of drug-likeness (QED) is 0.598. The largest absolute Gasteiger partial charge is 0.242 e. The maximum absolute atomic E-state index is 10.8. The fourth-order valence-corrected chi connectivity index (χ4v) is 2.12. The second-order valence-corrected chi connectivity index (χ2v) is 4.50. The molecule has 10 heavy (non-hydrogen) atoms. The predicted molar refractivity (Wildman–Crippen MR) is 47.6 cm³/mol. The third-order valence-electron chi connectivity index (χ3n) is 1.60. The molecule has 0 spiro atoms. The summed E-state index contributed by atoms with van der Waals surface area (Å²) in [7, 11) is 4.32. The van der Waals surface area contributed by atoms with Crippen LogP contribution >= 0.6 is 10.7 Å². The summed E-state index contributed by atoms with van der Waals surface area (Å²) in [5.41, 5.74) is 0. The summed E-state index contributed by atoms with van der Waals surface area (Å²) in [5, 5.41) is 0.210. The highest BCUT2D eigenvalue weighted by atomic mass is 35.7. The van der Waals surface area contributed by atoms with Crippen molar-refractivity contribution in [1.82, 2.24) is 0 Å². The molecule has 0 aliphatic carbocycles. The molecule has 0 radical (unpaired) electrons. The van der Waals surface area contributed by atoms with E-state index >= 15 is 0 Å². The zero-order valence-electron chi connectivity index (χ0n) is 6.60. The monoisotopic (exact) mass is 182 g/mol. The van der Waals surface area contributed by atoms with Crippen LogP contribution < -0.4 is 0 Å². The Morgan fingerprint density at radius 3 is 2.40 bits per heavy atom. The van der Waals surface area contributed by atoms with Gasteiger partial charge in [-0.25, -0.2) is 4.21 Å². The van der Waals surface area contributed by atoms with Gasteiger partial charge in [0.2, 0.25) is 0 Å². The van der Waals surface area contributed by atoms with Crippen molar-refractivity contribution in [2.45, 2.75) is 44.8 Å². The molecule has 0 saturated carbocycles. The Morgan fingerprint density at radius 1 is 1.50 bits per heavy atom. The molecule has 0 N–H and O–H groups in total. The minimum absolute atomic E-state index is 0.210. The number of hydrogen-bond acceptors (Lipinski definition) is 1. The lowest BCUT2D eigenvalue weighted by atomic mass is 10.2. The van der Waals surface area contributed by atoms with Crippen molar-refractivity contribution in [3.05, 3.63) is 0 Å². The van der Waals surface area contributed by atoms with Crippen LogP contribution in [0.3, 0.4) is 0 Å².